The van der Waals surface area contributed by atoms with Gasteiger partial charge in [-0.2, -0.15) is 10.1 Å². The zero-order valence-corrected chi connectivity index (χ0v) is 16.5. The Morgan fingerprint density at radius 3 is 2.64 bits per heavy atom. The number of hydrogen-bond donors (Lipinski definition) is 0. The molecule has 1 aromatic heterocycles. The molecule has 0 N–H and O–H groups in total. The third kappa shape index (κ3) is 3.17. The minimum atomic E-state index is -0.647. The lowest BCUT2D eigenvalue weighted by Crippen LogP contribution is -2.23. The van der Waals surface area contributed by atoms with Gasteiger partial charge in [-0.1, -0.05) is 30.3 Å². The van der Waals surface area contributed by atoms with Gasteiger partial charge in [-0.25, -0.2) is 4.79 Å². The van der Waals surface area contributed by atoms with E-state index in [0.717, 1.165) is 10.2 Å². The molecule has 28 heavy (non-hydrogen) atoms. The molecule has 2 heterocycles. The molecule has 0 saturated heterocycles. The van der Waals surface area contributed by atoms with E-state index < -0.39 is 11.9 Å². The summed E-state index contributed by atoms with van der Waals surface area (Å²) in [4.78, 5) is 25.5. The number of fused-ring (bicyclic) bond motifs is 1. The van der Waals surface area contributed by atoms with Gasteiger partial charge in [-0.3, -0.25) is 9.36 Å². The Morgan fingerprint density at radius 2 is 1.89 bits per heavy atom. The molecule has 0 radical (unpaired) electrons. The first-order valence-corrected chi connectivity index (χ1v) is 9.80. The fraction of sp³-hybridized carbons (Fsp3) is 0.100. The van der Waals surface area contributed by atoms with Crippen LogP contribution in [0.1, 0.15) is 6.92 Å². The standard InChI is InChI=1S/C20H15N3O3S2/c1-2-26-19(25)17-14(18(24)23(21-17)13-8-4-3-5-9-13)12-22-15-10-6-7-11-16(15)28-20(22)27/h3-12H,2H2,1H3/b14-12+. The predicted octanol–water partition coefficient (Wildman–Crippen LogP) is 4.24. The van der Waals surface area contributed by atoms with E-state index in [-0.39, 0.29) is 17.9 Å². The number of carbonyl (C=O) groups excluding carboxylic acids is 2. The van der Waals surface area contributed by atoms with E-state index in [0.29, 0.717) is 9.64 Å². The second kappa shape index (κ2) is 7.49. The van der Waals surface area contributed by atoms with Crippen LogP contribution in [-0.2, 0) is 14.3 Å². The maximum atomic E-state index is 13.1. The minimum absolute atomic E-state index is 0.0344. The first-order valence-electron chi connectivity index (χ1n) is 8.57. The summed E-state index contributed by atoms with van der Waals surface area (Å²) >= 11 is 6.89. The number of hydrazone groups is 1. The minimum Gasteiger partial charge on any atom is -0.461 e. The highest BCUT2D eigenvalue weighted by atomic mass is 32.1. The predicted molar refractivity (Wildman–Crippen MR) is 113 cm³/mol. The molecular formula is C20H15N3O3S2. The van der Waals surface area contributed by atoms with Gasteiger partial charge in [0.05, 0.1) is 28.1 Å². The number of nitrogens with zero attached hydrogens (tertiary/aromatic N) is 3. The lowest BCUT2D eigenvalue weighted by atomic mass is 10.1. The number of para-hydroxylation sites is 2. The van der Waals surface area contributed by atoms with Crippen LogP contribution in [0.3, 0.4) is 0 Å². The van der Waals surface area contributed by atoms with Crippen molar-refractivity contribution in [3.8, 4) is 0 Å². The first kappa shape index (κ1) is 18.3. The maximum absolute atomic E-state index is 13.1. The van der Waals surface area contributed by atoms with E-state index in [4.69, 9.17) is 17.0 Å². The molecule has 0 unspecified atom stereocenters. The topological polar surface area (TPSA) is 63.9 Å². The third-order valence-electron chi connectivity index (χ3n) is 4.12. The lowest BCUT2D eigenvalue weighted by Gasteiger charge is -2.10. The molecule has 1 aliphatic rings. The molecule has 0 bridgehead atoms. The number of amides is 1. The Kier molecular flexibility index (Phi) is 4.89. The molecule has 0 spiro atoms. The van der Waals surface area contributed by atoms with Gasteiger partial charge < -0.3 is 4.74 Å². The number of carbonyl (C=O) groups is 2. The fourth-order valence-electron chi connectivity index (χ4n) is 2.86. The Labute approximate surface area is 170 Å². The van der Waals surface area contributed by atoms with Crippen LogP contribution in [0.4, 0.5) is 5.69 Å². The van der Waals surface area contributed by atoms with Crippen molar-refractivity contribution in [2.75, 3.05) is 11.6 Å². The van der Waals surface area contributed by atoms with E-state index in [9.17, 15) is 9.59 Å². The van der Waals surface area contributed by atoms with Crippen LogP contribution in [0.15, 0.2) is 65.3 Å². The van der Waals surface area contributed by atoms with Crippen molar-refractivity contribution in [3.63, 3.8) is 0 Å². The van der Waals surface area contributed by atoms with Crippen molar-refractivity contribution in [2.24, 2.45) is 5.10 Å². The average Bonchev–Trinajstić information content (AvgIpc) is 3.20. The molecular weight excluding hydrogens is 394 g/mol. The summed E-state index contributed by atoms with van der Waals surface area (Å²) in [6, 6.07) is 16.6. The van der Waals surface area contributed by atoms with Crippen LogP contribution in [0.2, 0.25) is 0 Å². The Hall–Kier alpha value is -3.10. The van der Waals surface area contributed by atoms with Gasteiger partial charge in [-0.05, 0) is 43.4 Å². The number of esters is 1. The van der Waals surface area contributed by atoms with Gasteiger partial charge in [0, 0.05) is 6.20 Å². The molecule has 0 fully saturated rings. The Morgan fingerprint density at radius 1 is 1.18 bits per heavy atom. The quantitative estimate of drug-likeness (QED) is 0.367. The van der Waals surface area contributed by atoms with Crippen LogP contribution in [-0.4, -0.2) is 28.8 Å². The highest BCUT2D eigenvalue weighted by molar-refractivity contribution is 7.73. The number of benzene rings is 2. The molecule has 4 rings (SSSR count). The summed E-state index contributed by atoms with van der Waals surface area (Å²) in [5.41, 5.74) is 1.53. The first-order chi connectivity index (χ1) is 13.6. The zero-order valence-electron chi connectivity index (χ0n) is 14.9. The molecule has 3 aromatic rings. The number of ether oxygens (including phenoxy) is 1. The highest BCUT2D eigenvalue weighted by Gasteiger charge is 2.36. The molecule has 0 aliphatic carbocycles. The van der Waals surface area contributed by atoms with E-state index >= 15 is 0 Å². The van der Waals surface area contributed by atoms with Gasteiger partial charge in [0.25, 0.3) is 5.91 Å². The summed E-state index contributed by atoms with van der Waals surface area (Å²) in [5.74, 6) is -1.06. The lowest BCUT2D eigenvalue weighted by molar-refractivity contribution is -0.135. The highest BCUT2D eigenvalue weighted by Crippen LogP contribution is 2.27. The summed E-state index contributed by atoms with van der Waals surface area (Å²) in [6.45, 7) is 1.89. The number of anilines is 1. The van der Waals surface area contributed by atoms with E-state index in [2.05, 4.69) is 5.10 Å². The van der Waals surface area contributed by atoms with Crippen LogP contribution < -0.4 is 5.01 Å². The molecule has 6 nitrogen and oxygen atoms in total. The van der Waals surface area contributed by atoms with Crippen molar-refractivity contribution in [2.45, 2.75) is 6.92 Å². The second-order valence-corrected chi connectivity index (χ2v) is 7.55. The smallest absolute Gasteiger partial charge is 0.359 e. The van der Waals surface area contributed by atoms with Crippen LogP contribution in [0, 0.1) is 3.95 Å². The summed E-state index contributed by atoms with van der Waals surface area (Å²) in [5, 5.41) is 5.45. The van der Waals surface area contributed by atoms with Gasteiger partial charge in [0.1, 0.15) is 0 Å². The van der Waals surface area contributed by atoms with Gasteiger partial charge in [0.15, 0.2) is 9.67 Å². The van der Waals surface area contributed by atoms with Gasteiger partial charge in [-0.15, -0.1) is 11.3 Å². The molecule has 1 amide bonds. The number of hydrogen-bond acceptors (Lipinski definition) is 6. The normalized spacial score (nSPS) is 15.3. The number of thiazole rings is 1. The molecule has 0 atom stereocenters. The zero-order chi connectivity index (χ0) is 19.7. The molecule has 140 valence electrons. The molecule has 2 aromatic carbocycles. The largest absolute Gasteiger partial charge is 0.461 e. The van der Waals surface area contributed by atoms with Crippen molar-refractivity contribution < 1.29 is 14.3 Å². The summed E-state index contributed by atoms with van der Waals surface area (Å²) < 4.78 is 8.39. The Bertz CT molecular complexity index is 1190. The van der Waals surface area contributed by atoms with E-state index in [1.165, 1.54) is 16.3 Å². The van der Waals surface area contributed by atoms with Crippen molar-refractivity contribution in [3.05, 3.63) is 64.1 Å². The SMILES string of the molecule is CCOC(=O)C1=NN(c2ccccc2)C(=O)/C1=C/n1c(=S)sc2ccccc21. The summed E-state index contributed by atoms with van der Waals surface area (Å²) in [7, 11) is 0. The van der Waals surface area contributed by atoms with Crippen molar-refractivity contribution in [1.82, 2.24) is 4.57 Å². The van der Waals surface area contributed by atoms with Crippen LogP contribution >= 0.6 is 23.6 Å². The van der Waals surface area contributed by atoms with Crippen LogP contribution in [0.25, 0.3) is 16.4 Å². The van der Waals surface area contributed by atoms with E-state index in [1.807, 2.05) is 30.3 Å². The molecule has 8 heteroatoms. The Balaban J connectivity index is 1.86. The number of aromatic nitrogens is 1. The van der Waals surface area contributed by atoms with Crippen LogP contribution in [0.5, 0.6) is 0 Å². The second-order valence-electron chi connectivity index (χ2n) is 5.87. The van der Waals surface area contributed by atoms with Gasteiger partial charge >= 0.3 is 5.97 Å². The summed E-state index contributed by atoms with van der Waals surface area (Å²) in [6.07, 6.45) is 1.57. The van der Waals surface area contributed by atoms with Crippen molar-refractivity contribution in [1.29, 1.82) is 0 Å². The van der Waals surface area contributed by atoms with Crippen molar-refractivity contribution >= 4 is 63.2 Å². The van der Waals surface area contributed by atoms with E-state index in [1.54, 1.807) is 42.0 Å². The molecule has 0 saturated carbocycles. The third-order valence-corrected chi connectivity index (χ3v) is 5.51. The fourth-order valence-corrected chi connectivity index (χ4v) is 4.14. The maximum Gasteiger partial charge on any atom is 0.359 e. The monoisotopic (exact) mass is 409 g/mol. The number of rotatable bonds is 4. The van der Waals surface area contributed by atoms with Gasteiger partial charge in [0.2, 0.25) is 0 Å². The molecule has 1 aliphatic heterocycles. The average molecular weight is 409 g/mol.